The smallest absolute Gasteiger partial charge is 0.328 e. The molecule has 4 N–H and O–H groups in total. The predicted molar refractivity (Wildman–Crippen MR) is 101 cm³/mol. The largest absolute Gasteiger partial charge is 0.369 e. The van der Waals surface area contributed by atoms with E-state index in [1.54, 1.807) is 7.05 Å². The number of rotatable bonds is 1. The third-order valence-corrected chi connectivity index (χ3v) is 4.44. The van der Waals surface area contributed by atoms with Gasteiger partial charge < -0.3 is 10.6 Å². The number of anilines is 1. The van der Waals surface area contributed by atoms with Gasteiger partial charge in [0.25, 0.3) is 0 Å². The Morgan fingerprint density at radius 1 is 1.38 bits per heavy atom. The summed E-state index contributed by atoms with van der Waals surface area (Å²) in [6.07, 6.45) is 3.28. The van der Waals surface area contributed by atoms with E-state index in [0.29, 0.717) is 0 Å². The minimum absolute atomic E-state index is 0.0720. The molecule has 1 aliphatic rings. The van der Waals surface area contributed by atoms with Crippen molar-refractivity contribution in [3.8, 4) is 0 Å². The summed E-state index contributed by atoms with van der Waals surface area (Å²) in [5.74, 6) is 0.0205. The predicted octanol–water partition coefficient (Wildman–Crippen LogP) is 2.64. The van der Waals surface area contributed by atoms with Crippen molar-refractivity contribution >= 4 is 39.6 Å². The maximum atomic E-state index is 12.3. The lowest BCUT2D eigenvalue weighted by molar-refractivity contribution is 0.251. The Hall–Kier alpha value is -2.09. The number of nitrogens with zero attached hydrogens (tertiary/aromatic N) is 3. The van der Waals surface area contributed by atoms with Gasteiger partial charge in [-0.05, 0) is 49.9 Å². The first-order chi connectivity index (χ1) is 11.4. The Balaban J connectivity index is 1.99. The van der Waals surface area contributed by atoms with Crippen LogP contribution in [-0.4, -0.2) is 43.0 Å². The van der Waals surface area contributed by atoms with Gasteiger partial charge in [-0.3, -0.25) is 15.6 Å². The van der Waals surface area contributed by atoms with Crippen LogP contribution in [0.25, 0.3) is 0 Å². The van der Waals surface area contributed by atoms with Crippen molar-refractivity contribution in [1.82, 2.24) is 10.2 Å². The summed E-state index contributed by atoms with van der Waals surface area (Å²) < 4.78 is 0.952. The highest BCUT2D eigenvalue weighted by Gasteiger charge is 2.16. The molecule has 1 heterocycles. The molecule has 0 saturated carbocycles. The molecule has 2 rings (SSSR count). The highest BCUT2D eigenvalue weighted by atomic mass is 79.9. The molecular formula is C16H23BrN6O. The lowest BCUT2D eigenvalue weighted by Crippen LogP contribution is -2.46. The van der Waals surface area contributed by atoms with Crippen molar-refractivity contribution in [2.24, 2.45) is 10.7 Å². The van der Waals surface area contributed by atoms with Crippen LogP contribution in [0, 0.1) is 12.3 Å². The highest BCUT2D eigenvalue weighted by molar-refractivity contribution is 9.10. The molecule has 2 amide bonds. The van der Waals surface area contributed by atoms with Crippen LogP contribution in [0.15, 0.2) is 27.7 Å². The fraction of sp³-hybridized carbons (Fsp3) is 0.438. The van der Waals surface area contributed by atoms with Crippen LogP contribution in [-0.2, 0) is 0 Å². The molecule has 0 aliphatic carbocycles. The monoisotopic (exact) mass is 394 g/mol. The standard InChI is InChI=1S/C16H23BrN6O/c1-11-10-12(17)6-7-13(11)22(2)16(24)21-14(18)20-15(19)23-8-4-3-5-9-23/h6-7,10H,3-5,8-9H2,1-2H3,(H4,18,19,20,21,24). The van der Waals surface area contributed by atoms with Gasteiger partial charge in [0.05, 0.1) is 0 Å². The first-order valence-electron chi connectivity index (χ1n) is 7.87. The summed E-state index contributed by atoms with van der Waals surface area (Å²) in [4.78, 5) is 19.6. The fourth-order valence-electron chi connectivity index (χ4n) is 2.62. The van der Waals surface area contributed by atoms with E-state index in [-0.39, 0.29) is 11.9 Å². The molecule has 1 aromatic carbocycles. The Labute approximate surface area is 150 Å². The van der Waals surface area contributed by atoms with Crippen molar-refractivity contribution in [2.45, 2.75) is 26.2 Å². The second-order valence-corrected chi connectivity index (χ2v) is 6.70. The van der Waals surface area contributed by atoms with Crippen LogP contribution in [0.4, 0.5) is 10.5 Å². The molecule has 0 radical (unpaired) electrons. The summed E-state index contributed by atoms with van der Waals surface area (Å²) in [6, 6.07) is 5.26. The Bertz CT molecular complexity index is 654. The average Bonchev–Trinajstić information content (AvgIpc) is 2.54. The van der Waals surface area contributed by atoms with E-state index in [4.69, 9.17) is 11.1 Å². The molecule has 0 unspecified atom stereocenters. The number of likely N-dealkylation sites (tertiary alicyclic amines) is 1. The minimum atomic E-state index is -0.395. The summed E-state index contributed by atoms with van der Waals surface area (Å²) >= 11 is 3.40. The van der Waals surface area contributed by atoms with E-state index in [9.17, 15) is 4.79 Å². The number of hydrogen-bond acceptors (Lipinski definition) is 2. The van der Waals surface area contributed by atoms with Gasteiger partial charge in [0.15, 0.2) is 0 Å². The number of hydrogen-bond donors (Lipinski definition) is 3. The number of aryl methyl sites for hydroxylation is 1. The average molecular weight is 395 g/mol. The molecule has 1 fully saturated rings. The van der Waals surface area contributed by atoms with Crippen LogP contribution >= 0.6 is 15.9 Å². The molecule has 24 heavy (non-hydrogen) atoms. The zero-order valence-corrected chi connectivity index (χ0v) is 15.6. The molecular weight excluding hydrogens is 372 g/mol. The topological polar surface area (TPSA) is 97.8 Å². The number of carbonyl (C=O) groups is 1. The number of urea groups is 1. The molecule has 0 spiro atoms. The number of carbonyl (C=O) groups excluding carboxylic acids is 1. The zero-order chi connectivity index (χ0) is 17.7. The van der Waals surface area contributed by atoms with E-state index < -0.39 is 6.03 Å². The van der Waals surface area contributed by atoms with Gasteiger partial charge in [-0.2, -0.15) is 4.99 Å². The van der Waals surface area contributed by atoms with E-state index in [1.165, 1.54) is 11.3 Å². The summed E-state index contributed by atoms with van der Waals surface area (Å²) in [7, 11) is 1.66. The lowest BCUT2D eigenvalue weighted by Gasteiger charge is -2.26. The molecule has 130 valence electrons. The second-order valence-electron chi connectivity index (χ2n) is 5.79. The molecule has 1 aliphatic heterocycles. The molecule has 1 aromatic rings. The van der Waals surface area contributed by atoms with Crippen molar-refractivity contribution in [3.05, 3.63) is 28.2 Å². The van der Waals surface area contributed by atoms with Crippen molar-refractivity contribution in [2.75, 3.05) is 25.0 Å². The van der Waals surface area contributed by atoms with Crippen molar-refractivity contribution in [3.63, 3.8) is 0 Å². The SMILES string of the molecule is Cc1cc(Br)ccc1N(C)C(=O)N/C(N)=N/C(=N)N1CCCCC1. The molecule has 0 bridgehead atoms. The number of piperidine rings is 1. The quantitative estimate of drug-likeness (QED) is 0.504. The second kappa shape index (κ2) is 8.14. The number of aliphatic imine (C=N–C) groups is 1. The van der Waals surface area contributed by atoms with Crippen molar-refractivity contribution < 1.29 is 4.79 Å². The highest BCUT2D eigenvalue weighted by Crippen LogP contribution is 2.22. The van der Waals surface area contributed by atoms with E-state index in [2.05, 4.69) is 26.2 Å². The normalized spacial score (nSPS) is 15.1. The third kappa shape index (κ3) is 4.70. The fourth-order valence-corrected chi connectivity index (χ4v) is 3.09. The molecule has 7 nitrogen and oxygen atoms in total. The summed E-state index contributed by atoms with van der Waals surface area (Å²) in [5.41, 5.74) is 7.51. The van der Waals surface area contributed by atoms with Gasteiger partial charge in [0.1, 0.15) is 0 Å². The van der Waals surface area contributed by atoms with Gasteiger partial charge >= 0.3 is 6.03 Å². The van der Waals surface area contributed by atoms with Gasteiger partial charge in [-0.15, -0.1) is 0 Å². The van der Waals surface area contributed by atoms with E-state index in [1.807, 2.05) is 30.0 Å². The van der Waals surface area contributed by atoms with Gasteiger partial charge in [0.2, 0.25) is 11.9 Å². The third-order valence-electron chi connectivity index (χ3n) is 3.94. The minimum Gasteiger partial charge on any atom is -0.369 e. The van der Waals surface area contributed by atoms with Crippen LogP contribution < -0.4 is 16.0 Å². The molecule has 0 atom stereocenters. The maximum Gasteiger partial charge on any atom is 0.328 e. The number of guanidine groups is 2. The number of halogens is 1. The lowest BCUT2D eigenvalue weighted by atomic mass is 10.1. The Morgan fingerprint density at radius 2 is 2.04 bits per heavy atom. The summed E-state index contributed by atoms with van der Waals surface area (Å²) in [6.45, 7) is 3.54. The van der Waals surface area contributed by atoms with Crippen LogP contribution in [0.3, 0.4) is 0 Å². The molecule has 1 saturated heterocycles. The number of nitrogens with one attached hydrogen (secondary N) is 2. The molecule has 8 heteroatoms. The first-order valence-corrected chi connectivity index (χ1v) is 8.66. The van der Waals surface area contributed by atoms with Gasteiger partial charge in [-0.1, -0.05) is 15.9 Å². The van der Waals surface area contributed by atoms with Gasteiger partial charge in [-0.25, -0.2) is 4.79 Å². The molecule has 0 aromatic heterocycles. The Morgan fingerprint density at radius 3 is 2.67 bits per heavy atom. The van der Waals surface area contributed by atoms with Crippen molar-refractivity contribution in [1.29, 1.82) is 5.41 Å². The summed E-state index contributed by atoms with van der Waals surface area (Å²) in [5, 5.41) is 10.5. The van der Waals surface area contributed by atoms with E-state index in [0.717, 1.165) is 41.7 Å². The maximum absolute atomic E-state index is 12.3. The van der Waals surface area contributed by atoms with E-state index >= 15 is 0 Å². The van der Waals surface area contributed by atoms with Crippen LogP contribution in [0.1, 0.15) is 24.8 Å². The number of amides is 2. The van der Waals surface area contributed by atoms with Crippen LogP contribution in [0.5, 0.6) is 0 Å². The zero-order valence-electron chi connectivity index (χ0n) is 14.0. The Kier molecular flexibility index (Phi) is 6.19. The first kappa shape index (κ1) is 18.3. The van der Waals surface area contributed by atoms with Crippen LogP contribution in [0.2, 0.25) is 0 Å². The van der Waals surface area contributed by atoms with Gasteiger partial charge in [0, 0.05) is 30.3 Å². The number of benzene rings is 1. The number of nitrogens with two attached hydrogens (primary N) is 1.